The molecular weight excluding hydrogens is 221 g/mol. The molecule has 0 heterocycles. The van der Waals surface area contributed by atoms with Gasteiger partial charge in [0.1, 0.15) is 6.61 Å². The van der Waals surface area contributed by atoms with E-state index < -0.39 is 12.8 Å². The van der Waals surface area contributed by atoms with E-state index in [2.05, 4.69) is 4.74 Å². The number of nitriles is 1. The summed E-state index contributed by atoms with van der Waals surface area (Å²) in [7, 11) is 0. The summed E-state index contributed by atoms with van der Waals surface area (Å²) in [5.74, 6) is 0. The maximum atomic E-state index is 11.7. The SMILES string of the molecule is CC(C)N(CC#N)CCCOCC(F)(F)F. The van der Waals surface area contributed by atoms with Crippen LogP contribution in [0, 0.1) is 11.3 Å². The fourth-order valence-electron chi connectivity index (χ4n) is 1.17. The van der Waals surface area contributed by atoms with E-state index >= 15 is 0 Å². The van der Waals surface area contributed by atoms with Gasteiger partial charge in [0.2, 0.25) is 0 Å². The van der Waals surface area contributed by atoms with Crippen LogP contribution >= 0.6 is 0 Å². The zero-order chi connectivity index (χ0) is 12.6. The molecule has 0 unspecified atom stereocenters. The summed E-state index contributed by atoms with van der Waals surface area (Å²) < 4.78 is 39.6. The second kappa shape index (κ2) is 7.47. The van der Waals surface area contributed by atoms with Crippen LogP contribution in [0.1, 0.15) is 20.3 Å². The lowest BCUT2D eigenvalue weighted by molar-refractivity contribution is -0.174. The second-order valence-electron chi connectivity index (χ2n) is 3.74. The van der Waals surface area contributed by atoms with Gasteiger partial charge in [0.15, 0.2) is 0 Å². The zero-order valence-electron chi connectivity index (χ0n) is 9.55. The molecule has 0 radical (unpaired) electrons. The zero-order valence-corrected chi connectivity index (χ0v) is 9.55. The fraction of sp³-hybridized carbons (Fsp3) is 0.900. The van der Waals surface area contributed by atoms with Crippen molar-refractivity contribution in [3.63, 3.8) is 0 Å². The lowest BCUT2D eigenvalue weighted by Crippen LogP contribution is -2.32. The molecule has 0 bridgehead atoms. The van der Waals surface area contributed by atoms with Crippen molar-refractivity contribution >= 4 is 0 Å². The topological polar surface area (TPSA) is 36.3 Å². The Morgan fingerprint density at radius 2 is 2.00 bits per heavy atom. The summed E-state index contributed by atoms with van der Waals surface area (Å²) in [6.07, 6.45) is -3.76. The molecule has 0 aromatic carbocycles. The van der Waals surface area contributed by atoms with E-state index in [9.17, 15) is 13.2 Å². The van der Waals surface area contributed by atoms with Gasteiger partial charge in [-0.25, -0.2) is 0 Å². The maximum absolute atomic E-state index is 11.7. The van der Waals surface area contributed by atoms with Crippen LogP contribution in [0.4, 0.5) is 13.2 Å². The number of rotatable bonds is 7. The highest BCUT2D eigenvalue weighted by Crippen LogP contribution is 2.14. The Bertz CT molecular complexity index is 223. The van der Waals surface area contributed by atoms with Crippen LogP contribution in [-0.4, -0.2) is 43.4 Å². The van der Waals surface area contributed by atoms with Crippen LogP contribution in [0.25, 0.3) is 0 Å². The number of alkyl halides is 3. The molecule has 6 heteroatoms. The van der Waals surface area contributed by atoms with Crippen LogP contribution in [0.3, 0.4) is 0 Å². The normalized spacial score (nSPS) is 12.1. The molecule has 0 amide bonds. The van der Waals surface area contributed by atoms with Gasteiger partial charge in [-0.2, -0.15) is 18.4 Å². The lowest BCUT2D eigenvalue weighted by Gasteiger charge is -2.23. The van der Waals surface area contributed by atoms with Gasteiger partial charge in [-0.05, 0) is 20.3 Å². The number of halogens is 3. The predicted molar refractivity (Wildman–Crippen MR) is 53.8 cm³/mol. The molecule has 0 aromatic rings. The fourth-order valence-corrected chi connectivity index (χ4v) is 1.17. The minimum Gasteiger partial charge on any atom is -0.372 e. The van der Waals surface area contributed by atoms with Crippen LogP contribution in [0.2, 0.25) is 0 Å². The third-order valence-corrected chi connectivity index (χ3v) is 2.00. The van der Waals surface area contributed by atoms with Crippen molar-refractivity contribution in [2.45, 2.75) is 32.5 Å². The molecule has 94 valence electrons. The molecule has 0 rings (SSSR count). The first-order valence-corrected chi connectivity index (χ1v) is 5.12. The summed E-state index contributed by atoms with van der Waals surface area (Å²) in [6.45, 7) is 3.60. The first kappa shape index (κ1) is 15.2. The Morgan fingerprint density at radius 1 is 1.38 bits per heavy atom. The van der Waals surface area contributed by atoms with Gasteiger partial charge in [-0.3, -0.25) is 4.90 Å². The number of nitrogens with zero attached hydrogens (tertiary/aromatic N) is 2. The van der Waals surface area contributed by atoms with E-state index in [0.717, 1.165) is 0 Å². The average Bonchev–Trinajstić information content (AvgIpc) is 2.13. The van der Waals surface area contributed by atoms with Crippen LogP contribution in [-0.2, 0) is 4.74 Å². The van der Waals surface area contributed by atoms with Gasteiger partial charge in [-0.15, -0.1) is 0 Å². The van der Waals surface area contributed by atoms with E-state index in [4.69, 9.17) is 5.26 Å². The summed E-state index contributed by atoms with van der Waals surface area (Å²) in [6, 6.07) is 2.23. The molecule has 0 aliphatic heterocycles. The van der Waals surface area contributed by atoms with E-state index in [1.807, 2.05) is 24.8 Å². The molecule has 16 heavy (non-hydrogen) atoms. The molecule has 0 aromatic heterocycles. The predicted octanol–water partition coefficient (Wildman–Crippen LogP) is 2.19. The first-order chi connectivity index (χ1) is 7.37. The Balaban J connectivity index is 3.60. The molecule has 0 atom stereocenters. The smallest absolute Gasteiger partial charge is 0.372 e. The molecule has 0 spiro atoms. The first-order valence-electron chi connectivity index (χ1n) is 5.12. The average molecular weight is 238 g/mol. The summed E-state index contributed by atoms with van der Waals surface area (Å²) in [4.78, 5) is 1.89. The Kier molecular flexibility index (Phi) is 7.10. The van der Waals surface area contributed by atoms with Crippen molar-refractivity contribution in [1.82, 2.24) is 4.90 Å². The third kappa shape index (κ3) is 8.50. The third-order valence-electron chi connectivity index (χ3n) is 2.00. The molecule has 0 N–H and O–H groups in total. The highest BCUT2D eigenvalue weighted by molar-refractivity contribution is 4.78. The van der Waals surface area contributed by atoms with Gasteiger partial charge in [0.05, 0.1) is 12.6 Å². The van der Waals surface area contributed by atoms with Gasteiger partial charge in [-0.1, -0.05) is 0 Å². The van der Waals surface area contributed by atoms with Gasteiger partial charge >= 0.3 is 6.18 Å². The highest BCUT2D eigenvalue weighted by Gasteiger charge is 2.27. The van der Waals surface area contributed by atoms with Crippen molar-refractivity contribution in [3.8, 4) is 6.07 Å². The van der Waals surface area contributed by atoms with E-state index in [-0.39, 0.29) is 19.2 Å². The largest absolute Gasteiger partial charge is 0.411 e. The summed E-state index contributed by atoms with van der Waals surface area (Å²) in [5.41, 5.74) is 0. The number of hydrogen-bond acceptors (Lipinski definition) is 3. The quantitative estimate of drug-likeness (QED) is 0.504. The monoisotopic (exact) mass is 238 g/mol. The minimum atomic E-state index is -4.26. The number of hydrogen-bond donors (Lipinski definition) is 0. The van der Waals surface area contributed by atoms with Crippen LogP contribution < -0.4 is 0 Å². The van der Waals surface area contributed by atoms with Gasteiger partial charge in [0.25, 0.3) is 0 Å². The van der Waals surface area contributed by atoms with Gasteiger partial charge < -0.3 is 4.74 Å². The van der Waals surface area contributed by atoms with Crippen molar-refractivity contribution in [2.75, 3.05) is 26.3 Å². The highest BCUT2D eigenvalue weighted by atomic mass is 19.4. The lowest BCUT2D eigenvalue weighted by atomic mass is 10.3. The van der Waals surface area contributed by atoms with Crippen molar-refractivity contribution < 1.29 is 17.9 Å². The second-order valence-corrected chi connectivity index (χ2v) is 3.74. The molecule has 3 nitrogen and oxygen atoms in total. The minimum absolute atomic E-state index is 0.0636. The molecular formula is C10H17F3N2O. The Morgan fingerprint density at radius 3 is 2.44 bits per heavy atom. The Hall–Kier alpha value is -0.800. The molecule has 0 fully saturated rings. The van der Waals surface area contributed by atoms with Crippen molar-refractivity contribution in [1.29, 1.82) is 5.26 Å². The standard InChI is InChI=1S/C10H17F3N2O/c1-9(2)15(6-4-14)5-3-7-16-8-10(11,12)13/h9H,3,5-8H2,1-2H3. The van der Waals surface area contributed by atoms with Crippen molar-refractivity contribution in [2.24, 2.45) is 0 Å². The number of ether oxygens (including phenoxy) is 1. The maximum Gasteiger partial charge on any atom is 0.411 e. The van der Waals surface area contributed by atoms with E-state index in [1.165, 1.54) is 0 Å². The van der Waals surface area contributed by atoms with Crippen LogP contribution in [0.15, 0.2) is 0 Å². The Labute approximate surface area is 93.8 Å². The summed E-state index contributed by atoms with van der Waals surface area (Å²) >= 11 is 0. The van der Waals surface area contributed by atoms with E-state index in [1.54, 1.807) is 0 Å². The molecule has 0 saturated heterocycles. The van der Waals surface area contributed by atoms with Gasteiger partial charge in [0, 0.05) is 19.2 Å². The van der Waals surface area contributed by atoms with Crippen LogP contribution in [0.5, 0.6) is 0 Å². The van der Waals surface area contributed by atoms with Crippen molar-refractivity contribution in [3.05, 3.63) is 0 Å². The molecule has 0 aliphatic rings. The molecule has 0 aliphatic carbocycles. The summed E-state index contributed by atoms with van der Waals surface area (Å²) in [5, 5.41) is 8.52. The van der Waals surface area contributed by atoms with E-state index in [0.29, 0.717) is 13.0 Å². The molecule has 0 saturated carbocycles.